The van der Waals surface area contributed by atoms with Crippen LogP contribution in [0.4, 0.5) is 0 Å². The van der Waals surface area contributed by atoms with E-state index in [1.807, 2.05) is 0 Å². The van der Waals surface area contributed by atoms with Gasteiger partial charge in [-0.1, -0.05) is 6.42 Å². The fraction of sp³-hybridized carbons (Fsp3) is 0.917. The van der Waals surface area contributed by atoms with Crippen LogP contribution in [0.3, 0.4) is 0 Å². The van der Waals surface area contributed by atoms with E-state index in [9.17, 15) is 4.79 Å². The molecule has 2 heterocycles. The Balaban J connectivity index is 1.83. The number of rotatable bonds is 3. The lowest BCUT2D eigenvalue weighted by Crippen LogP contribution is -2.49. The van der Waals surface area contributed by atoms with Crippen LogP contribution in [0.5, 0.6) is 0 Å². The van der Waals surface area contributed by atoms with Gasteiger partial charge in [-0.15, -0.1) is 0 Å². The fourth-order valence-corrected chi connectivity index (χ4v) is 2.97. The second kappa shape index (κ2) is 5.64. The Hall–Kier alpha value is -0.610. The molecule has 0 aromatic carbocycles. The molecule has 0 amide bonds. The maximum absolute atomic E-state index is 10.7. The number of hydrogen-bond acceptors (Lipinski definition) is 3. The van der Waals surface area contributed by atoms with Gasteiger partial charge in [0.1, 0.15) is 0 Å². The molecule has 4 heteroatoms. The minimum absolute atomic E-state index is 0.179. The smallest absolute Gasteiger partial charge is 0.304 e. The van der Waals surface area contributed by atoms with Crippen molar-refractivity contribution in [3.05, 3.63) is 0 Å². The van der Waals surface area contributed by atoms with Crippen LogP contribution in [-0.2, 0) is 4.79 Å². The Morgan fingerprint density at radius 1 is 1.31 bits per heavy atom. The number of piperidine rings is 2. The molecular weight excluding hydrogens is 204 g/mol. The summed E-state index contributed by atoms with van der Waals surface area (Å²) in [5.74, 6) is -0.684. The van der Waals surface area contributed by atoms with Gasteiger partial charge in [-0.2, -0.15) is 0 Å². The molecule has 2 aliphatic rings. The highest BCUT2D eigenvalue weighted by Gasteiger charge is 2.28. The summed E-state index contributed by atoms with van der Waals surface area (Å²) in [5.41, 5.74) is 0. The predicted molar refractivity (Wildman–Crippen MR) is 62.5 cm³/mol. The van der Waals surface area contributed by atoms with E-state index in [0.29, 0.717) is 6.04 Å². The SMILES string of the molecule is O=C(O)CC1CC(N2CCCCC2)CCN1. The first-order valence-corrected chi connectivity index (χ1v) is 6.45. The molecule has 0 aromatic rings. The van der Waals surface area contributed by atoms with Gasteiger partial charge in [0, 0.05) is 12.1 Å². The number of carbonyl (C=O) groups is 1. The van der Waals surface area contributed by atoms with Crippen molar-refractivity contribution in [3.63, 3.8) is 0 Å². The van der Waals surface area contributed by atoms with Gasteiger partial charge in [-0.25, -0.2) is 0 Å². The summed E-state index contributed by atoms with van der Waals surface area (Å²) >= 11 is 0. The van der Waals surface area contributed by atoms with Crippen molar-refractivity contribution in [2.75, 3.05) is 19.6 Å². The molecule has 92 valence electrons. The van der Waals surface area contributed by atoms with Gasteiger partial charge in [0.15, 0.2) is 0 Å². The van der Waals surface area contributed by atoms with Crippen LogP contribution in [0.25, 0.3) is 0 Å². The van der Waals surface area contributed by atoms with Gasteiger partial charge in [-0.05, 0) is 45.3 Å². The molecule has 2 aliphatic heterocycles. The highest BCUT2D eigenvalue weighted by molar-refractivity contribution is 5.67. The van der Waals surface area contributed by atoms with Crippen molar-refractivity contribution in [1.82, 2.24) is 10.2 Å². The molecule has 0 radical (unpaired) electrons. The summed E-state index contributed by atoms with van der Waals surface area (Å²) in [4.78, 5) is 13.3. The summed E-state index contributed by atoms with van der Waals surface area (Å²) in [5, 5.41) is 12.1. The van der Waals surface area contributed by atoms with Gasteiger partial charge in [0.05, 0.1) is 6.42 Å². The lowest BCUT2D eigenvalue weighted by Gasteiger charge is -2.39. The minimum atomic E-state index is -0.684. The highest BCUT2D eigenvalue weighted by atomic mass is 16.4. The van der Waals surface area contributed by atoms with Crippen LogP contribution in [0.2, 0.25) is 0 Å². The number of carboxylic acid groups (broad SMARTS) is 1. The van der Waals surface area contributed by atoms with Gasteiger partial charge in [0.25, 0.3) is 0 Å². The number of likely N-dealkylation sites (tertiary alicyclic amines) is 1. The number of hydrogen-bond donors (Lipinski definition) is 2. The molecule has 2 unspecified atom stereocenters. The Bertz CT molecular complexity index is 239. The molecule has 2 atom stereocenters. The Labute approximate surface area is 97.0 Å². The zero-order valence-corrected chi connectivity index (χ0v) is 9.82. The zero-order chi connectivity index (χ0) is 11.4. The van der Waals surface area contributed by atoms with E-state index < -0.39 is 5.97 Å². The molecule has 4 nitrogen and oxygen atoms in total. The van der Waals surface area contributed by atoms with E-state index >= 15 is 0 Å². The quantitative estimate of drug-likeness (QED) is 0.756. The van der Waals surface area contributed by atoms with Gasteiger partial charge in [0.2, 0.25) is 0 Å². The van der Waals surface area contributed by atoms with Crippen molar-refractivity contribution in [2.24, 2.45) is 0 Å². The zero-order valence-electron chi connectivity index (χ0n) is 9.82. The van der Waals surface area contributed by atoms with Crippen molar-refractivity contribution < 1.29 is 9.90 Å². The van der Waals surface area contributed by atoms with Crippen LogP contribution >= 0.6 is 0 Å². The van der Waals surface area contributed by atoms with Gasteiger partial charge < -0.3 is 15.3 Å². The molecular formula is C12H22N2O2. The van der Waals surface area contributed by atoms with E-state index in [1.165, 1.54) is 38.8 Å². The van der Waals surface area contributed by atoms with E-state index in [4.69, 9.17) is 5.11 Å². The average Bonchev–Trinajstić information content (AvgIpc) is 2.30. The molecule has 0 aromatic heterocycles. The molecule has 2 N–H and O–H groups in total. The number of nitrogens with zero attached hydrogens (tertiary/aromatic N) is 1. The van der Waals surface area contributed by atoms with Crippen LogP contribution in [-0.4, -0.2) is 47.7 Å². The lowest BCUT2D eigenvalue weighted by molar-refractivity contribution is -0.137. The lowest BCUT2D eigenvalue weighted by atomic mass is 9.94. The summed E-state index contributed by atoms with van der Waals surface area (Å²) in [6.45, 7) is 3.40. The van der Waals surface area contributed by atoms with Crippen molar-refractivity contribution in [3.8, 4) is 0 Å². The molecule has 2 rings (SSSR count). The number of aliphatic carboxylic acids is 1. The summed E-state index contributed by atoms with van der Waals surface area (Å²) in [7, 11) is 0. The maximum Gasteiger partial charge on any atom is 0.304 e. The first-order valence-electron chi connectivity index (χ1n) is 6.45. The van der Waals surface area contributed by atoms with Crippen molar-refractivity contribution in [1.29, 1.82) is 0 Å². The van der Waals surface area contributed by atoms with Crippen LogP contribution < -0.4 is 5.32 Å². The molecule has 0 spiro atoms. The maximum atomic E-state index is 10.7. The highest BCUT2D eigenvalue weighted by Crippen LogP contribution is 2.21. The monoisotopic (exact) mass is 226 g/mol. The van der Waals surface area contributed by atoms with E-state index in [1.54, 1.807) is 0 Å². The van der Waals surface area contributed by atoms with Gasteiger partial charge in [-0.3, -0.25) is 4.79 Å². The Kier molecular flexibility index (Phi) is 4.18. The van der Waals surface area contributed by atoms with E-state index in [2.05, 4.69) is 10.2 Å². The largest absolute Gasteiger partial charge is 0.481 e. The average molecular weight is 226 g/mol. The molecule has 0 aliphatic carbocycles. The second-order valence-corrected chi connectivity index (χ2v) is 5.02. The van der Waals surface area contributed by atoms with E-state index in [0.717, 1.165) is 13.0 Å². The first kappa shape index (κ1) is 11.9. The minimum Gasteiger partial charge on any atom is -0.481 e. The summed E-state index contributed by atoms with van der Waals surface area (Å²) < 4.78 is 0. The number of carboxylic acids is 1. The summed E-state index contributed by atoms with van der Waals surface area (Å²) in [6, 6.07) is 0.795. The molecule has 2 fully saturated rings. The molecule has 0 saturated carbocycles. The fourth-order valence-electron chi connectivity index (χ4n) is 2.97. The summed E-state index contributed by atoms with van der Waals surface area (Å²) in [6.07, 6.45) is 6.44. The van der Waals surface area contributed by atoms with Gasteiger partial charge >= 0.3 is 5.97 Å². The molecule has 0 bridgehead atoms. The topological polar surface area (TPSA) is 52.6 Å². The van der Waals surface area contributed by atoms with Crippen LogP contribution in [0.15, 0.2) is 0 Å². The second-order valence-electron chi connectivity index (χ2n) is 5.02. The third kappa shape index (κ3) is 3.19. The number of nitrogens with one attached hydrogen (secondary N) is 1. The molecule has 2 saturated heterocycles. The van der Waals surface area contributed by atoms with Crippen LogP contribution in [0.1, 0.15) is 38.5 Å². The van der Waals surface area contributed by atoms with Crippen molar-refractivity contribution in [2.45, 2.75) is 50.6 Å². The standard InChI is InChI=1S/C12H22N2O2/c15-12(16)9-10-8-11(4-5-13-10)14-6-2-1-3-7-14/h10-11,13H,1-9H2,(H,15,16). The first-order chi connectivity index (χ1) is 7.75. The predicted octanol–water partition coefficient (Wildman–Crippen LogP) is 1.07. The molecule has 16 heavy (non-hydrogen) atoms. The third-order valence-corrected chi connectivity index (χ3v) is 3.80. The van der Waals surface area contributed by atoms with Crippen LogP contribution in [0, 0.1) is 0 Å². The van der Waals surface area contributed by atoms with E-state index in [-0.39, 0.29) is 12.5 Å². The van der Waals surface area contributed by atoms with Crippen molar-refractivity contribution >= 4 is 5.97 Å². The Morgan fingerprint density at radius 3 is 2.75 bits per heavy atom. The third-order valence-electron chi connectivity index (χ3n) is 3.80. The normalized spacial score (nSPS) is 32.5. The Morgan fingerprint density at radius 2 is 2.06 bits per heavy atom.